The second kappa shape index (κ2) is 10.0. The number of rotatable bonds is 4. The van der Waals surface area contributed by atoms with Crippen LogP contribution >= 0.6 is 11.3 Å². The molecule has 0 spiro atoms. The van der Waals surface area contributed by atoms with Gasteiger partial charge in [-0.05, 0) is 85.9 Å². The molecule has 1 nitrogen and oxygen atoms in total. The number of benzene rings is 7. The molecule has 0 bridgehead atoms. The summed E-state index contributed by atoms with van der Waals surface area (Å²) in [5.74, 6) is 0. The first kappa shape index (κ1) is 26.4. The second-order valence-corrected chi connectivity index (χ2v) is 17.9. The standard InChI is InChI=1S/C42H31NSSi/c1-45(2)39-26-25-36-35-16-8-9-18-38(35)44-42(36)41(39)37-24-23-32(27-40(37)45)43(30-13-4-3-5-14-30)31-21-19-29(20-22-31)34-17-10-12-28-11-6-7-15-33(28)34/h3-27H,1-2H3. The molecular weight excluding hydrogens is 579 g/mol. The van der Waals surface area contributed by atoms with Gasteiger partial charge in [-0.2, -0.15) is 0 Å². The van der Waals surface area contributed by atoms with Crippen LogP contribution in [0, 0.1) is 0 Å². The molecule has 1 aliphatic heterocycles. The van der Waals surface area contributed by atoms with E-state index in [0.29, 0.717) is 0 Å². The van der Waals surface area contributed by atoms with Gasteiger partial charge in [0.1, 0.15) is 8.07 Å². The van der Waals surface area contributed by atoms with Crippen molar-refractivity contribution in [3.05, 3.63) is 152 Å². The molecule has 0 unspecified atom stereocenters. The summed E-state index contributed by atoms with van der Waals surface area (Å²) in [7, 11) is -1.93. The quantitative estimate of drug-likeness (QED) is 0.179. The van der Waals surface area contributed by atoms with Crippen LogP contribution in [0.15, 0.2) is 152 Å². The van der Waals surface area contributed by atoms with Crippen LogP contribution in [0.5, 0.6) is 0 Å². The molecular formula is C42H31NSSi. The summed E-state index contributed by atoms with van der Waals surface area (Å²) in [4.78, 5) is 2.41. The molecule has 0 saturated heterocycles. The average molecular weight is 610 g/mol. The van der Waals surface area contributed by atoms with Crippen molar-refractivity contribution < 1.29 is 0 Å². The molecule has 45 heavy (non-hydrogen) atoms. The zero-order valence-corrected chi connectivity index (χ0v) is 27.1. The fourth-order valence-corrected chi connectivity index (χ4v) is 11.8. The van der Waals surface area contributed by atoms with Crippen molar-refractivity contribution in [1.29, 1.82) is 0 Å². The van der Waals surface area contributed by atoms with Gasteiger partial charge in [-0.15, -0.1) is 11.3 Å². The molecule has 1 aliphatic rings. The monoisotopic (exact) mass is 609 g/mol. The molecule has 214 valence electrons. The van der Waals surface area contributed by atoms with Crippen molar-refractivity contribution in [1.82, 2.24) is 0 Å². The molecule has 0 radical (unpaired) electrons. The molecule has 0 N–H and O–H groups in total. The van der Waals surface area contributed by atoms with Crippen LogP contribution in [0.1, 0.15) is 0 Å². The molecule has 3 heteroatoms. The minimum atomic E-state index is -1.93. The Morgan fingerprint density at radius 1 is 0.489 bits per heavy atom. The van der Waals surface area contributed by atoms with Crippen molar-refractivity contribution in [3.8, 4) is 22.3 Å². The van der Waals surface area contributed by atoms with E-state index in [2.05, 4.69) is 170 Å². The van der Waals surface area contributed by atoms with E-state index in [-0.39, 0.29) is 0 Å². The molecule has 1 aromatic heterocycles. The molecule has 0 amide bonds. The Bertz CT molecular complexity index is 2400. The Hall–Kier alpha value is -4.96. The van der Waals surface area contributed by atoms with Crippen LogP contribution in [-0.2, 0) is 0 Å². The third-order valence-electron chi connectivity index (χ3n) is 9.66. The third kappa shape index (κ3) is 4.05. The maximum absolute atomic E-state index is 2.52. The van der Waals surface area contributed by atoms with Crippen molar-refractivity contribution in [3.63, 3.8) is 0 Å². The maximum atomic E-state index is 2.52. The summed E-state index contributed by atoms with van der Waals surface area (Å²) in [6, 6.07) is 56.0. The van der Waals surface area contributed by atoms with E-state index >= 15 is 0 Å². The first-order valence-corrected chi connectivity index (χ1v) is 19.4. The SMILES string of the molecule is C[Si]1(C)c2cc(N(c3ccccc3)c3ccc(-c4cccc5ccccc45)cc3)ccc2-c2c1ccc1c2sc2ccccc21. The van der Waals surface area contributed by atoms with Crippen LogP contribution in [0.2, 0.25) is 13.1 Å². The Kier molecular flexibility index (Phi) is 5.89. The van der Waals surface area contributed by atoms with Crippen molar-refractivity contribution >= 4 is 77.8 Å². The van der Waals surface area contributed by atoms with Gasteiger partial charge in [0.15, 0.2) is 0 Å². The van der Waals surface area contributed by atoms with Gasteiger partial charge in [-0.3, -0.25) is 0 Å². The molecule has 7 aromatic carbocycles. The second-order valence-electron chi connectivity index (χ2n) is 12.6. The normalized spacial score (nSPS) is 13.3. The summed E-state index contributed by atoms with van der Waals surface area (Å²) in [5.41, 5.74) is 8.91. The van der Waals surface area contributed by atoms with Crippen molar-refractivity contribution in [2.24, 2.45) is 0 Å². The van der Waals surface area contributed by atoms with Crippen LogP contribution in [0.3, 0.4) is 0 Å². The Morgan fingerprint density at radius 2 is 1.18 bits per heavy atom. The van der Waals surface area contributed by atoms with Gasteiger partial charge < -0.3 is 4.90 Å². The minimum Gasteiger partial charge on any atom is -0.311 e. The first-order valence-electron chi connectivity index (χ1n) is 15.6. The number of fused-ring (bicyclic) bond motifs is 8. The summed E-state index contributed by atoms with van der Waals surface area (Å²) in [6.45, 7) is 5.04. The molecule has 0 atom stereocenters. The zero-order valence-electron chi connectivity index (χ0n) is 25.3. The molecule has 8 aromatic rings. The van der Waals surface area contributed by atoms with Crippen molar-refractivity contribution in [2.45, 2.75) is 13.1 Å². The zero-order chi connectivity index (χ0) is 30.1. The average Bonchev–Trinajstić information content (AvgIpc) is 3.58. The van der Waals surface area contributed by atoms with Gasteiger partial charge in [0.25, 0.3) is 0 Å². The maximum Gasteiger partial charge on any atom is 0.114 e. The lowest BCUT2D eigenvalue weighted by Gasteiger charge is -2.27. The summed E-state index contributed by atoms with van der Waals surface area (Å²) in [5, 5.41) is 8.38. The number of hydrogen-bond donors (Lipinski definition) is 0. The molecule has 2 heterocycles. The lowest BCUT2D eigenvalue weighted by molar-refractivity contribution is 1.29. The first-order chi connectivity index (χ1) is 22.1. The van der Waals surface area contributed by atoms with E-state index in [9.17, 15) is 0 Å². The number of nitrogens with zero attached hydrogens (tertiary/aromatic N) is 1. The molecule has 0 fully saturated rings. The van der Waals surface area contributed by atoms with E-state index in [1.807, 2.05) is 11.3 Å². The van der Waals surface area contributed by atoms with E-state index in [1.54, 1.807) is 5.19 Å². The van der Waals surface area contributed by atoms with Gasteiger partial charge in [0.2, 0.25) is 0 Å². The lowest BCUT2D eigenvalue weighted by Crippen LogP contribution is -2.49. The van der Waals surface area contributed by atoms with E-state index in [0.717, 1.165) is 11.4 Å². The summed E-state index contributed by atoms with van der Waals surface area (Å²) in [6.07, 6.45) is 0. The van der Waals surface area contributed by atoms with Crippen molar-refractivity contribution in [2.75, 3.05) is 4.90 Å². The largest absolute Gasteiger partial charge is 0.311 e. The van der Waals surface area contributed by atoms with Gasteiger partial charge >= 0.3 is 0 Å². The van der Waals surface area contributed by atoms with Crippen LogP contribution in [0.25, 0.3) is 53.2 Å². The van der Waals surface area contributed by atoms with Gasteiger partial charge in [0, 0.05) is 37.2 Å². The predicted octanol–water partition coefficient (Wildman–Crippen LogP) is 11.1. The topological polar surface area (TPSA) is 3.24 Å². The van der Waals surface area contributed by atoms with Gasteiger partial charge in [-0.1, -0.05) is 122 Å². The highest BCUT2D eigenvalue weighted by Gasteiger charge is 2.39. The fraction of sp³-hybridized carbons (Fsp3) is 0.0476. The highest BCUT2D eigenvalue weighted by atomic mass is 32.1. The number of thiophene rings is 1. The molecule has 9 rings (SSSR count). The number of para-hydroxylation sites is 1. The minimum absolute atomic E-state index is 1.16. The highest BCUT2D eigenvalue weighted by Crippen LogP contribution is 2.44. The summed E-state index contributed by atoms with van der Waals surface area (Å²) >= 11 is 1.95. The van der Waals surface area contributed by atoms with E-state index in [4.69, 9.17) is 0 Å². The smallest absolute Gasteiger partial charge is 0.114 e. The predicted molar refractivity (Wildman–Crippen MR) is 199 cm³/mol. The summed E-state index contributed by atoms with van der Waals surface area (Å²) < 4.78 is 2.80. The van der Waals surface area contributed by atoms with Crippen LogP contribution in [-0.4, -0.2) is 8.07 Å². The van der Waals surface area contributed by atoms with Crippen LogP contribution < -0.4 is 15.3 Å². The Morgan fingerprint density at radius 3 is 2.02 bits per heavy atom. The Balaban J connectivity index is 1.18. The fourth-order valence-electron chi connectivity index (χ4n) is 7.42. The van der Waals surface area contributed by atoms with E-state index < -0.39 is 8.07 Å². The number of hydrogen-bond acceptors (Lipinski definition) is 2. The van der Waals surface area contributed by atoms with Gasteiger partial charge in [0.05, 0.1) is 0 Å². The Labute approximate surface area is 268 Å². The molecule has 0 saturated carbocycles. The van der Waals surface area contributed by atoms with E-state index in [1.165, 1.54) is 64.1 Å². The number of anilines is 3. The lowest BCUT2D eigenvalue weighted by atomic mass is 9.98. The highest BCUT2D eigenvalue weighted by molar-refractivity contribution is 7.26. The third-order valence-corrected chi connectivity index (χ3v) is 14.4. The van der Waals surface area contributed by atoms with Crippen LogP contribution in [0.4, 0.5) is 17.1 Å². The molecule has 0 aliphatic carbocycles. The van der Waals surface area contributed by atoms with Gasteiger partial charge in [-0.25, -0.2) is 0 Å².